The molecule has 0 radical (unpaired) electrons. The van der Waals surface area contributed by atoms with Crippen molar-refractivity contribution in [3.63, 3.8) is 0 Å². The molecular weight excluding hydrogens is 480 g/mol. The van der Waals surface area contributed by atoms with Crippen LogP contribution < -0.4 is 9.62 Å². The molecule has 1 unspecified atom stereocenters. The van der Waals surface area contributed by atoms with Crippen LogP contribution in [0.4, 0.5) is 11.4 Å². The summed E-state index contributed by atoms with van der Waals surface area (Å²) in [6, 6.07) is 18.4. The van der Waals surface area contributed by atoms with Gasteiger partial charge in [-0.05, 0) is 61.9 Å². The molecule has 0 spiro atoms. The number of benzene rings is 2. The molecule has 1 aliphatic rings. The summed E-state index contributed by atoms with van der Waals surface area (Å²) in [5.41, 5.74) is 4.29. The first-order chi connectivity index (χ1) is 17.0. The van der Waals surface area contributed by atoms with Crippen LogP contribution in [0.15, 0.2) is 85.7 Å². The van der Waals surface area contributed by atoms with Crippen LogP contribution in [-0.4, -0.2) is 32.4 Å². The molecule has 1 atom stereocenters. The van der Waals surface area contributed by atoms with E-state index < -0.39 is 11.0 Å². The van der Waals surface area contributed by atoms with E-state index in [2.05, 4.69) is 21.9 Å². The maximum Gasteiger partial charge on any atom is 0.257 e. The zero-order valence-corrected chi connectivity index (χ0v) is 20.9. The number of fused-ring (bicyclic) bond motifs is 1. The highest BCUT2D eigenvalue weighted by molar-refractivity contribution is 7.86. The summed E-state index contributed by atoms with van der Waals surface area (Å²) in [5, 5.41) is 4.18. The average molecular weight is 505 g/mol. The third-order valence-corrected chi connectivity index (χ3v) is 7.17. The van der Waals surface area contributed by atoms with Gasteiger partial charge in [-0.2, -0.15) is 0 Å². The highest BCUT2D eigenvalue weighted by Gasteiger charge is 2.22. The lowest BCUT2D eigenvalue weighted by atomic mass is 10.1. The summed E-state index contributed by atoms with van der Waals surface area (Å²) in [5.74, 6) is 0.339. The van der Waals surface area contributed by atoms with Crippen LogP contribution in [0.3, 0.4) is 0 Å². The quantitative estimate of drug-likeness (QED) is 0.332. The van der Waals surface area contributed by atoms with E-state index in [0.29, 0.717) is 22.0 Å². The normalized spacial score (nSPS) is 14.8. The van der Waals surface area contributed by atoms with Gasteiger partial charge in [0, 0.05) is 41.3 Å². The van der Waals surface area contributed by atoms with Crippen molar-refractivity contribution in [3.8, 4) is 11.3 Å². The molecule has 3 heterocycles. The number of aromatic nitrogens is 2. The van der Waals surface area contributed by atoms with Crippen molar-refractivity contribution in [2.45, 2.75) is 13.3 Å². The first-order valence-corrected chi connectivity index (χ1v) is 12.8. The molecule has 1 N–H and O–H groups in total. The summed E-state index contributed by atoms with van der Waals surface area (Å²) in [4.78, 5) is 21.8. The third kappa shape index (κ3) is 5.58. The van der Waals surface area contributed by atoms with Gasteiger partial charge in [0.05, 0.1) is 27.5 Å². The molecule has 0 aliphatic carbocycles. The molecule has 1 saturated heterocycles. The van der Waals surface area contributed by atoms with E-state index >= 15 is 0 Å². The van der Waals surface area contributed by atoms with Gasteiger partial charge in [-0.15, -0.1) is 6.58 Å². The Hall–Kier alpha value is -3.55. The largest absolute Gasteiger partial charge is 0.322 e. The Labute approximate surface area is 212 Å². The second kappa shape index (κ2) is 11.3. The molecule has 1 aliphatic heterocycles. The number of amides is 1. The van der Waals surface area contributed by atoms with Crippen LogP contribution in [0, 0.1) is 0 Å². The summed E-state index contributed by atoms with van der Waals surface area (Å²) in [7, 11) is -1.04. The summed E-state index contributed by atoms with van der Waals surface area (Å²) < 4.78 is 13.9. The van der Waals surface area contributed by atoms with E-state index in [9.17, 15) is 9.00 Å². The Bertz CT molecular complexity index is 1400. The van der Waals surface area contributed by atoms with Gasteiger partial charge in [0.25, 0.3) is 5.91 Å². The van der Waals surface area contributed by atoms with Gasteiger partial charge in [0.1, 0.15) is 11.0 Å². The number of nitrogens with one attached hydrogen (secondary N) is 1. The van der Waals surface area contributed by atoms with Crippen molar-refractivity contribution in [1.29, 1.82) is 0 Å². The number of anilines is 2. The van der Waals surface area contributed by atoms with Gasteiger partial charge in [-0.3, -0.25) is 19.1 Å². The molecule has 4 aromatic rings. The Balaban J connectivity index is 0.000000917. The van der Waals surface area contributed by atoms with Crippen LogP contribution >= 0.6 is 11.6 Å². The molecule has 0 saturated carbocycles. The number of rotatable bonds is 4. The van der Waals surface area contributed by atoms with Crippen LogP contribution in [0.5, 0.6) is 0 Å². The zero-order valence-electron chi connectivity index (χ0n) is 19.3. The van der Waals surface area contributed by atoms with E-state index in [1.807, 2.05) is 53.7 Å². The van der Waals surface area contributed by atoms with Gasteiger partial charge in [-0.25, -0.2) is 4.21 Å². The van der Waals surface area contributed by atoms with Crippen LogP contribution in [0.25, 0.3) is 22.2 Å². The van der Waals surface area contributed by atoms with Gasteiger partial charge in [0.2, 0.25) is 0 Å². The van der Waals surface area contributed by atoms with Crippen LogP contribution in [0.1, 0.15) is 23.7 Å². The average Bonchev–Trinajstić information content (AvgIpc) is 3.30. The molecule has 178 valence electrons. The molecule has 35 heavy (non-hydrogen) atoms. The van der Waals surface area contributed by atoms with E-state index in [1.54, 1.807) is 36.7 Å². The van der Waals surface area contributed by atoms with E-state index in [4.69, 9.17) is 11.6 Å². The van der Waals surface area contributed by atoms with Crippen LogP contribution in [0.2, 0.25) is 5.02 Å². The van der Waals surface area contributed by atoms with Crippen LogP contribution in [-0.2, 0) is 11.0 Å². The molecular formula is C27H25ClN4O2S. The van der Waals surface area contributed by atoms with Crippen molar-refractivity contribution in [2.24, 2.45) is 0 Å². The van der Waals surface area contributed by atoms with Gasteiger partial charge < -0.3 is 5.32 Å². The molecule has 6 nitrogen and oxygen atoms in total. The topological polar surface area (TPSA) is 75.2 Å². The SMILES string of the molecule is C=CC.O=C(Nc1cccc(-c2nccc3ncccc23)c1)c1ccc(N2CCCS2=O)cc1Cl. The first kappa shape index (κ1) is 24.6. The Morgan fingerprint density at radius 1 is 1.11 bits per heavy atom. The van der Waals surface area contributed by atoms with Crippen molar-refractivity contribution in [3.05, 3.63) is 96.3 Å². The summed E-state index contributed by atoms with van der Waals surface area (Å²) in [6.07, 6.45) is 6.11. The highest BCUT2D eigenvalue weighted by atomic mass is 35.5. The fraction of sp³-hybridized carbons (Fsp3) is 0.148. The number of carbonyl (C=O) groups is 1. The predicted molar refractivity (Wildman–Crippen MR) is 145 cm³/mol. The third-order valence-electron chi connectivity index (χ3n) is 5.33. The van der Waals surface area contributed by atoms with E-state index in [-0.39, 0.29) is 5.91 Å². The highest BCUT2D eigenvalue weighted by Crippen LogP contribution is 2.29. The minimum absolute atomic E-state index is 0.311. The number of hydrogen-bond donors (Lipinski definition) is 1. The first-order valence-electron chi connectivity index (χ1n) is 11.2. The fourth-order valence-corrected chi connectivity index (χ4v) is 5.35. The molecule has 2 aromatic carbocycles. The van der Waals surface area contributed by atoms with Gasteiger partial charge in [-0.1, -0.05) is 29.8 Å². The molecule has 8 heteroatoms. The number of hydrogen-bond acceptors (Lipinski definition) is 4. The minimum atomic E-state index is -1.04. The van der Waals surface area contributed by atoms with E-state index in [1.165, 1.54) is 0 Å². The zero-order chi connectivity index (χ0) is 24.8. The minimum Gasteiger partial charge on any atom is -0.322 e. The molecule has 1 fully saturated rings. The molecule has 0 bridgehead atoms. The monoisotopic (exact) mass is 504 g/mol. The van der Waals surface area contributed by atoms with Crippen molar-refractivity contribution < 1.29 is 9.00 Å². The standard InChI is InChI=1S/C24H19ClN4O2S.C3H6/c25-21-15-18(29-12-3-13-32(29)31)7-8-19(21)24(30)28-17-5-1-4-16(14-17)23-20-6-2-10-26-22(20)9-11-27-23;1-3-2/h1-2,4-11,14-15H,3,12-13H2,(H,28,30);3H,1H2,2H3. The summed E-state index contributed by atoms with van der Waals surface area (Å²) >= 11 is 6.41. The van der Waals surface area contributed by atoms with E-state index in [0.717, 1.165) is 40.8 Å². The van der Waals surface area contributed by atoms with Gasteiger partial charge in [0.15, 0.2) is 0 Å². The number of nitrogens with zero attached hydrogens (tertiary/aromatic N) is 3. The van der Waals surface area contributed by atoms with Gasteiger partial charge >= 0.3 is 0 Å². The number of halogens is 1. The second-order valence-electron chi connectivity index (χ2n) is 7.82. The van der Waals surface area contributed by atoms with Crippen molar-refractivity contribution in [1.82, 2.24) is 9.97 Å². The Kier molecular flexibility index (Phi) is 7.90. The number of carbonyl (C=O) groups excluding carboxylic acids is 1. The number of pyridine rings is 2. The maximum atomic E-state index is 12.9. The van der Waals surface area contributed by atoms with Crippen molar-refractivity contribution >= 4 is 50.8 Å². The Morgan fingerprint density at radius 2 is 1.94 bits per heavy atom. The lowest BCUT2D eigenvalue weighted by molar-refractivity contribution is 0.102. The van der Waals surface area contributed by atoms with Crippen molar-refractivity contribution in [2.75, 3.05) is 21.9 Å². The number of allylic oxidation sites excluding steroid dienone is 1. The molecule has 5 rings (SSSR count). The second-order valence-corrected chi connectivity index (χ2v) is 9.72. The maximum absolute atomic E-state index is 12.9. The Morgan fingerprint density at radius 3 is 2.69 bits per heavy atom. The predicted octanol–water partition coefficient (Wildman–Crippen LogP) is 6.27. The smallest absolute Gasteiger partial charge is 0.257 e. The molecule has 2 aromatic heterocycles. The summed E-state index contributed by atoms with van der Waals surface area (Å²) in [6.45, 7) is 5.97. The fourth-order valence-electron chi connectivity index (χ4n) is 3.81. The lowest BCUT2D eigenvalue weighted by Gasteiger charge is -2.17. The molecule has 1 amide bonds. The lowest BCUT2D eigenvalue weighted by Crippen LogP contribution is -2.20.